The van der Waals surface area contributed by atoms with Crippen LogP contribution in [0.5, 0.6) is 0 Å². The molecule has 100 valence electrons. The van der Waals surface area contributed by atoms with Gasteiger partial charge in [-0.25, -0.2) is 4.98 Å². The van der Waals surface area contributed by atoms with Crippen molar-refractivity contribution in [2.45, 2.75) is 44.7 Å². The molecule has 3 N–H and O–H groups in total. The third-order valence-corrected chi connectivity index (χ3v) is 3.72. The van der Waals surface area contributed by atoms with E-state index in [0.717, 1.165) is 11.4 Å². The van der Waals surface area contributed by atoms with Gasteiger partial charge in [0.05, 0.1) is 6.61 Å². The number of aromatic nitrogens is 1. The van der Waals surface area contributed by atoms with Crippen LogP contribution in [0.2, 0.25) is 0 Å². The first-order valence-corrected chi connectivity index (χ1v) is 6.88. The Kier molecular flexibility index (Phi) is 4.96. The molecular weight excluding hydrogens is 226 g/mol. The van der Waals surface area contributed by atoms with Gasteiger partial charge in [0.25, 0.3) is 0 Å². The molecule has 0 spiro atoms. The van der Waals surface area contributed by atoms with Crippen LogP contribution in [0.15, 0.2) is 18.3 Å². The van der Waals surface area contributed by atoms with Gasteiger partial charge in [-0.3, -0.25) is 0 Å². The predicted octanol–water partition coefficient (Wildman–Crippen LogP) is 1.67. The van der Waals surface area contributed by atoms with Gasteiger partial charge < -0.3 is 15.7 Å². The molecule has 1 heterocycles. The third kappa shape index (κ3) is 3.00. The molecule has 1 aliphatic carbocycles. The summed E-state index contributed by atoms with van der Waals surface area (Å²) in [6.07, 6.45) is 8.08. The van der Waals surface area contributed by atoms with Gasteiger partial charge in [-0.15, -0.1) is 0 Å². The summed E-state index contributed by atoms with van der Waals surface area (Å²) < 4.78 is 0. The van der Waals surface area contributed by atoms with Gasteiger partial charge in [-0.1, -0.05) is 25.3 Å². The van der Waals surface area contributed by atoms with Gasteiger partial charge in [-0.2, -0.15) is 0 Å². The van der Waals surface area contributed by atoms with Gasteiger partial charge in [-0.05, 0) is 18.9 Å². The van der Waals surface area contributed by atoms with Crippen LogP contribution in [0.3, 0.4) is 0 Å². The SMILES string of the molecule is NCc1cccnc1N(CCO)C1CCCCC1. The zero-order chi connectivity index (χ0) is 12.8. The summed E-state index contributed by atoms with van der Waals surface area (Å²) in [5.41, 5.74) is 6.85. The van der Waals surface area contributed by atoms with Crippen LogP contribution >= 0.6 is 0 Å². The van der Waals surface area contributed by atoms with Crippen molar-refractivity contribution in [3.05, 3.63) is 23.9 Å². The van der Waals surface area contributed by atoms with Crippen molar-refractivity contribution in [1.82, 2.24) is 4.98 Å². The number of aliphatic hydroxyl groups is 1. The maximum Gasteiger partial charge on any atom is 0.133 e. The van der Waals surface area contributed by atoms with Crippen LogP contribution in [0, 0.1) is 0 Å². The Balaban J connectivity index is 2.22. The zero-order valence-corrected chi connectivity index (χ0v) is 10.9. The fraction of sp³-hybridized carbons (Fsp3) is 0.643. The Morgan fingerprint density at radius 1 is 1.33 bits per heavy atom. The third-order valence-electron chi connectivity index (χ3n) is 3.72. The fourth-order valence-corrected chi connectivity index (χ4v) is 2.81. The summed E-state index contributed by atoms with van der Waals surface area (Å²) in [6, 6.07) is 4.45. The van der Waals surface area contributed by atoms with Gasteiger partial charge in [0, 0.05) is 30.9 Å². The van der Waals surface area contributed by atoms with Crippen molar-refractivity contribution >= 4 is 5.82 Å². The number of anilines is 1. The molecule has 0 radical (unpaired) electrons. The van der Waals surface area contributed by atoms with E-state index in [4.69, 9.17) is 5.73 Å². The summed E-state index contributed by atoms with van der Waals surface area (Å²) in [4.78, 5) is 6.73. The summed E-state index contributed by atoms with van der Waals surface area (Å²) in [7, 11) is 0. The highest BCUT2D eigenvalue weighted by Gasteiger charge is 2.23. The van der Waals surface area contributed by atoms with Crippen molar-refractivity contribution in [3.63, 3.8) is 0 Å². The first kappa shape index (κ1) is 13.3. The smallest absolute Gasteiger partial charge is 0.133 e. The highest BCUT2D eigenvalue weighted by Crippen LogP contribution is 2.27. The molecular formula is C14H23N3O. The number of hydrogen-bond donors (Lipinski definition) is 2. The molecule has 0 unspecified atom stereocenters. The molecule has 4 heteroatoms. The van der Waals surface area contributed by atoms with Crippen molar-refractivity contribution < 1.29 is 5.11 Å². The van der Waals surface area contributed by atoms with E-state index in [9.17, 15) is 5.11 Å². The Labute approximate surface area is 109 Å². The van der Waals surface area contributed by atoms with E-state index in [2.05, 4.69) is 9.88 Å². The van der Waals surface area contributed by atoms with Crippen LogP contribution in [-0.2, 0) is 6.54 Å². The van der Waals surface area contributed by atoms with Crippen LogP contribution in [-0.4, -0.2) is 29.3 Å². The van der Waals surface area contributed by atoms with Crippen LogP contribution < -0.4 is 10.6 Å². The zero-order valence-electron chi connectivity index (χ0n) is 10.9. The molecule has 0 amide bonds. The lowest BCUT2D eigenvalue weighted by Crippen LogP contribution is -2.40. The first-order valence-electron chi connectivity index (χ1n) is 6.88. The molecule has 18 heavy (non-hydrogen) atoms. The molecule has 1 aliphatic rings. The molecule has 4 nitrogen and oxygen atoms in total. The number of aliphatic hydroxyl groups excluding tert-OH is 1. The Morgan fingerprint density at radius 2 is 2.11 bits per heavy atom. The second-order valence-electron chi connectivity index (χ2n) is 4.90. The van der Waals surface area contributed by atoms with Crippen molar-refractivity contribution in [3.8, 4) is 0 Å². The Hall–Kier alpha value is -1.13. The Bertz CT molecular complexity index is 364. The maximum atomic E-state index is 9.29. The molecule has 0 aromatic carbocycles. The molecule has 1 fully saturated rings. The predicted molar refractivity (Wildman–Crippen MR) is 73.4 cm³/mol. The number of nitrogens with two attached hydrogens (primary N) is 1. The highest BCUT2D eigenvalue weighted by atomic mass is 16.3. The first-order chi connectivity index (χ1) is 8.86. The molecule has 1 saturated carbocycles. The quantitative estimate of drug-likeness (QED) is 0.833. The molecule has 1 aromatic rings. The standard InChI is InChI=1S/C14H23N3O/c15-11-12-5-4-8-16-14(12)17(9-10-18)13-6-2-1-3-7-13/h4-5,8,13,18H,1-3,6-7,9-11,15H2. The van der Waals surface area contributed by atoms with Crippen molar-refractivity contribution in [2.24, 2.45) is 5.73 Å². The monoisotopic (exact) mass is 249 g/mol. The van der Waals surface area contributed by atoms with Crippen LogP contribution in [0.4, 0.5) is 5.82 Å². The average molecular weight is 249 g/mol. The minimum absolute atomic E-state index is 0.164. The molecule has 0 bridgehead atoms. The minimum Gasteiger partial charge on any atom is -0.395 e. The molecule has 1 aromatic heterocycles. The number of nitrogens with zero attached hydrogens (tertiary/aromatic N) is 2. The highest BCUT2D eigenvalue weighted by molar-refractivity contribution is 5.47. The topological polar surface area (TPSA) is 62.4 Å². The summed E-state index contributed by atoms with van der Waals surface area (Å²) in [6.45, 7) is 1.31. The minimum atomic E-state index is 0.164. The van der Waals surface area contributed by atoms with Gasteiger partial charge in [0.1, 0.15) is 5.82 Å². The summed E-state index contributed by atoms with van der Waals surface area (Å²) in [5, 5.41) is 9.29. The fourth-order valence-electron chi connectivity index (χ4n) is 2.81. The van der Waals surface area contributed by atoms with E-state index in [1.54, 1.807) is 0 Å². The lowest BCUT2D eigenvalue weighted by atomic mass is 9.94. The molecule has 0 atom stereocenters. The second-order valence-corrected chi connectivity index (χ2v) is 4.90. The van der Waals surface area contributed by atoms with Gasteiger partial charge >= 0.3 is 0 Å². The lowest BCUT2D eigenvalue weighted by molar-refractivity contribution is 0.289. The number of rotatable bonds is 5. The molecule has 0 saturated heterocycles. The van der Waals surface area contributed by atoms with E-state index >= 15 is 0 Å². The molecule has 0 aliphatic heterocycles. The van der Waals surface area contributed by atoms with E-state index in [0.29, 0.717) is 19.1 Å². The number of pyridine rings is 1. The van der Waals surface area contributed by atoms with Gasteiger partial charge in [0.2, 0.25) is 0 Å². The van der Waals surface area contributed by atoms with E-state index in [1.165, 1.54) is 32.1 Å². The van der Waals surface area contributed by atoms with E-state index in [1.807, 2.05) is 18.3 Å². The lowest BCUT2D eigenvalue weighted by Gasteiger charge is -2.35. The molecule has 2 rings (SSSR count). The largest absolute Gasteiger partial charge is 0.395 e. The van der Waals surface area contributed by atoms with Crippen molar-refractivity contribution in [1.29, 1.82) is 0 Å². The van der Waals surface area contributed by atoms with Crippen LogP contribution in [0.25, 0.3) is 0 Å². The summed E-state index contributed by atoms with van der Waals surface area (Å²) >= 11 is 0. The van der Waals surface area contributed by atoms with E-state index < -0.39 is 0 Å². The second kappa shape index (κ2) is 6.71. The average Bonchev–Trinajstić information content (AvgIpc) is 2.46. The summed E-state index contributed by atoms with van der Waals surface area (Å²) in [5.74, 6) is 0.959. The maximum absolute atomic E-state index is 9.29. The number of hydrogen-bond acceptors (Lipinski definition) is 4. The normalized spacial score (nSPS) is 16.8. The van der Waals surface area contributed by atoms with Crippen LogP contribution in [0.1, 0.15) is 37.7 Å². The van der Waals surface area contributed by atoms with Crippen molar-refractivity contribution in [2.75, 3.05) is 18.1 Å². The Morgan fingerprint density at radius 3 is 2.78 bits per heavy atom. The van der Waals surface area contributed by atoms with E-state index in [-0.39, 0.29) is 6.61 Å². The van der Waals surface area contributed by atoms with Gasteiger partial charge in [0.15, 0.2) is 0 Å².